The Bertz CT molecular complexity index is 583. The average molecular weight is 295 g/mol. The fourth-order valence-electron chi connectivity index (χ4n) is 2.30. The highest BCUT2D eigenvalue weighted by molar-refractivity contribution is 5.96. The van der Waals surface area contributed by atoms with Crippen LogP contribution in [0.25, 0.3) is 11.1 Å². The molecule has 0 saturated carbocycles. The fourth-order valence-corrected chi connectivity index (χ4v) is 2.30. The Hall–Kier alpha value is -2.42. The van der Waals surface area contributed by atoms with Gasteiger partial charge in [-0.2, -0.15) is 0 Å². The lowest BCUT2D eigenvalue weighted by Crippen LogP contribution is -2.22. The average Bonchev–Trinajstić information content (AvgIpc) is 2.55. The van der Waals surface area contributed by atoms with Crippen molar-refractivity contribution in [2.45, 2.75) is 26.7 Å². The maximum Gasteiger partial charge on any atom is 0.251 e. The summed E-state index contributed by atoms with van der Waals surface area (Å²) in [5.41, 5.74) is 3.47. The van der Waals surface area contributed by atoms with Crippen LogP contribution in [-0.4, -0.2) is 18.2 Å². The van der Waals surface area contributed by atoms with Gasteiger partial charge in [0.1, 0.15) is 0 Å². The Morgan fingerprint density at radius 1 is 0.818 bits per heavy atom. The van der Waals surface area contributed by atoms with Crippen LogP contribution in [0, 0.1) is 0 Å². The lowest BCUT2D eigenvalue weighted by molar-refractivity contribution is 0.0953. The normalized spacial score (nSPS) is 10.3. The van der Waals surface area contributed by atoms with Gasteiger partial charge in [-0.05, 0) is 36.6 Å². The van der Waals surface area contributed by atoms with Crippen molar-refractivity contribution < 1.29 is 9.59 Å². The quantitative estimate of drug-likeness (QED) is 0.816. The van der Waals surface area contributed by atoms with Gasteiger partial charge in [-0.25, -0.2) is 0 Å². The Morgan fingerprint density at radius 3 is 1.77 bits per heavy atom. The van der Waals surface area contributed by atoms with E-state index in [0.717, 1.165) is 23.1 Å². The Labute approximate surface area is 131 Å². The van der Waals surface area contributed by atoms with Crippen LogP contribution in [0.4, 0.5) is 0 Å². The van der Waals surface area contributed by atoms with Crippen LogP contribution in [-0.2, 0) is 0 Å². The lowest BCUT2D eigenvalue weighted by Gasteiger charge is -2.06. The number of carbonyl (C=O) groups is 2. The summed E-state index contributed by atoms with van der Waals surface area (Å²) in [7, 11) is 0. The van der Waals surface area contributed by atoms with Crippen molar-refractivity contribution in [1.29, 1.82) is 0 Å². The third kappa shape index (κ3) is 3.82. The zero-order valence-electron chi connectivity index (χ0n) is 13.1. The minimum atomic E-state index is -0.0606. The molecule has 2 aromatic rings. The maximum absolute atomic E-state index is 11.8. The summed E-state index contributed by atoms with van der Waals surface area (Å²) in [6, 6.07) is 15.1. The lowest BCUT2D eigenvalue weighted by atomic mass is 10.00. The minimum Gasteiger partial charge on any atom is -0.352 e. The molecule has 0 fully saturated rings. The summed E-state index contributed by atoms with van der Waals surface area (Å²) in [6.07, 6.45) is 1.45. The monoisotopic (exact) mass is 295 g/mol. The minimum absolute atomic E-state index is 0.0606. The fraction of sp³-hybridized carbons (Fsp3) is 0.263. The van der Waals surface area contributed by atoms with Crippen LogP contribution in [0.2, 0.25) is 0 Å². The highest BCUT2D eigenvalue weighted by Crippen LogP contribution is 2.21. The molecular weight excluding hydrogens is 274 g/mol. The van der Waals surface area contributed by atoms with Crippen LogP contribution in [0.1, 0.15) is 47.4 Å². The van der Waals surface area contributed by atoms with E-state index in [0.29, 0.717) is 18.5 Å². The number of hydrogen-bond donors (Lipinski definition) is 1. The van der Waals surface area contributed by atoms with Crippen LogP contribution in [0.15, 0.2) is 48.5 Å². The molecular formula is C19H21NO2. The molecule has 0 aliphatic heterocycles. The van der Waals surface area contributed by atoms with Crippen molar-refractivity contribution in [2.75, 3.05) is 6.54 Å². The topological polar surface area (TPSA) is 46.2 Å². The molecule has 0 spiro atoms. The van der Waals surface area contributed by atoms with Gasteiger partial charge in [-0.1, -0.05) is 43.3 Å². The van der Waals surface area contributed by atoms with Gasteiger partial charge in [0, 0.05) is 24.1 Å². The number of carbonyl (C=O) groups excluding carboxylic acids is 2. The van der Waals surface area contributed by atoms with Crippen LogP contribution in [0.3, 0.4) is 0 Å². The van der Waals surface area contributed by atoms with E-state index in [1.54, 1.807) is 0 Å². The first-order chi connectivity index (χ1) is 10.7. The van der Waals surface area contributed by atoms with E-state index in [-0.39, 0.29) is 11.7 Å². The van der Waals surface area contributed by atoms with Crippen molar-refractivity contribution in [1.82, 2.24) is 5.32 Å². The third-order valence-corrected chi connectivity index (χ3v) is 3.50. The molecule has 3 nitrogen and oxygen atoms in total. The molecule has 2 aromatic carbocycles. The second-order valence-corrected chi connectivity index (χ2v) is 5.19. The zero-order valence-corrected chi connectivity index (χ0v) is 13.1. The number of hydrogen-bond acceptors (Lipinski definition) is 2. The molecule has 2 rings (SSSR count). The maximum atomic E-state index is 11.8. The molecule has 0 atom stereocenters. The Balaban J connectivity index is 2.15. The number of benzene rings is 2. The van der Waals surface area contributed by atoms with Gasteiger partial charge in [0.05, 0.1) is 0 Å². The first kappa shape index (κ1) is 16.0. The van der Waals surface area contributed by atoms with Crippen LogP contribution in [0.5, 0.6) is 0 Å². The van der Waals surface area contributed by atoms with Gasteiger partial charge in [0.2, 0.25) is 0 Å². The van der Waals surface area contributed by atoms with Crippen LogP contribution >= 0.6 is 0 Å². The third-order valence-electron chi connectivity index (χ3n) is 3.50. The van der Waals surface area contributed by atoms with E-state index < -0.39 is 0 Å². The van der Waals surface area contributed by atoms with Gasteiger partial charge < -0.3 is 5.32 Å². The van der Waals surface area contributed by atoms with Gasteiger partial charge in [0.15, 0.2) is 5.78 Å². The number of rotatable bonds is 6. The van der Waals surface area contributed by atoms with E-state index in [2.05, 4.69) is 5.32 Å². The van der Waals surface area contributed by atoms with Gasteiger partial charge in [-0.3, -0.25) is 9.59 Å². The smallest absolute Gasteiger partial charge is 0.251 e. The summed E-state index contributed by atoms with van der Waals surface area (Å²) in [6.45, 7) is 4.52. The van der Waals surface area contributed by atoms with Crippen LogP contribution < -0.4 is 5.32 Å². The van der Waals surface area contributed by atoms with E-state index in [9.17, 15) is 9.59 Å². The Morgan fingerprint density at radius 2 is 1.32 bits per heavy atom. The van der Waals surface area contributed by atoms with Gasteiger partial charge >= 0.3 is 0 Å². The van der Waals surface area contributed by atoms with Crippen molar-refractivity contribution in [2.24, 2.45) is 0 Å². The van der Waals surface area contributed by atoms with E-state index in [1.165, 1.54) is 0 Å². The second kappa shape index (κ2) is 7.55. The summed E-state index contributed by atoms with van der Waals surface area (Å²) >= 11 is 0. The molecule has 0 unspecified atom stereocenters. The molecule has 22 heavy (non-hydrogen) atoms. The molecule has 0 aromatic heterocycles. The standard InChI is InChI=1S/C19H21NO2/c1-3-5-18(21)16-10-6-14(7-11-16)15-8-12-17(13-9-15)19(22)20-4-2/h6-13H,3-5H2,1-2H3,(H,20,22). The SMILES string of the molecule is CCCC(=O)c1ccc(-c2ccc(C(=O)NCC)cc2)cc1. The number of ketones is 1. The predicted octanol–water partition coefficient (Wildman–Crippen LogP) is 4.09. The highest BCUT2D eigenvalue weighted by atomic mass is 16.1. The molecule has 114 valence electrons. The molecule has 0 aliphatic carbocycles. The van der Waals surface area contributed by atoms with Crippen molar-refractivity contribution in [3.8, 4) is 11.1 Å². The first-order valence-corrected chi connectivity index (χ1v) is 7.67. The highest BCUT2D eigenvalue weighted by Gasteiger charge is 2.06. The Kier molecular flexibility index (Phi) is 5.48. The first-order valence-electron chi connectivity index (χ1n) is 7.67. The summed E-state index contributed by atoms with van der Waals surface area (Å²) < 4.78 is 0. The van der Waals surface area contributed by atoms with Crippen molar-refractivity contribution >= 4 is 11.7 Å². The number of nitrogens with one attached hydrogen (secondary N) is 1. The molecule has 0 aliphatic rings. The van der Waals surface area contributed by atoms with Crippen molar-refractivity contribution in [3.63, 3.8) is 0 Å². The molecule has 1 amide bonds. The molecule has 1 N–H and O–H groups in total. The van der Waals surface area contributed by atoms with Crippen molar-refractivity contribution in [3.05, 3.63) is 59.7 Å². The summed E-state index contributed by atoms with van der Waals surface area (Å²) in [5, 5.41) is 2.78. The summed E-state index contributed by atoms with van der Waals surface area (Å²) in [4.78, 5) is 23.6. The van der Waals surface area contributed by atoms with Gasteiger partial charge in [0.25, 0.3) is 5.91 Å². The van der Waals surface area contributed by atoms with E-state index >= 15 is 0 Å². The largest absolute Gasteiger partial charge is 0.352 e. The molecule has 0 bridgehead atoms. The molecule has 0 radical (unpaired) electrons. The number of Topliss-reactive ketones (excluding diaryl/α,β-unsaturated/α-hetero) is 1. The number of amides is 1. The van der Waals surface area contributed by atoms with Gasteiger partial charge in [-0.15, -0.1) is 0 Å². The molecule has 0 heterocycles. The second-order valence-electron chi connectivity index (χ2n) is 5.19. The van der Waals surface area contributed by atoms with E-state index in [4.69, 9.17) is 0 Å². The predicted molar refractivity (Wildman–Crippen MR) is 89.1 cm³/mol. The van der Waals surface area contributed by atoms with E-state index in [1.807, 2.05) is 62.4 Å². The molecule has 0 saturated heterocycles. The molecule has 3 heteroatoms. The summed E-state index contributed by atoms with van der Waals surface area (Å²) in [5.74, 6) is 0.121. The zero-order chi connectivity index (χ0) is 15.9.